The van der Waals surface area contributed by atoms with E-state index < -0.39 is 0 Å². The summed E-state index contributed by atoms with van der Waals surface area (Å²) in [5, 5.41) is 8.35. The van der Waals surface area contributed by atoms with Crippen molar-refractivity contribution in [3.63, 3.8) is 0 Å². The van der Waals surface area contributed by atoms with E-state index in [4.69, 9.17) is 4.42 Å². The predicted molar refractivity (Wildman–Crippen MR) is 85.1 cm³/mol. The number of hydrogen-bond donors (Lipinski definition) is 0. The summed E-state index contributed by atoms with van der Waals surface area (Å²) in [6, 6.07) is 7.55. The van der Waals surface area contributed by atoms with E-state index in [1.807, 2.05) is 31.2 Å². The van der Waals surface area contributed by atoms with Gasteiger partial charge in [-0.15, -0.1) is 10.2 Å². The molecule has 0 atom stereocenters. The molecule has 7 nitrogen and oxygen atoms in total. The molecule has 0 amide bonds. The van der Waals surface area contributed by atoms with Gasteiger partial charge in [-0.25, -0.2) is 4.79 Å². The Bertz CT molecular complexity index is 891. The Labute approximate surface area is 133 Å². The highest BCUT2D eigenvalue weighted by Gasteiger charge is 2.19. The third-order valence-corrected chi connectivity index (χ3v) is 4.45. The number of oxazole rings is 1. The maximum atomic E-state index is 11.9. The van der Waals surface area contributed by atoms with E-state index in [2.05, 4.69) is 19.7 Å². The van der Waals surface area contributed by atoms with Crippen molar-refractivity contribution >= 4 is 11.1 Å². The van der Waals surface area contributed by atoms with Crippen molar-refractivity contribution in [2.45, 2.75) is 33.0 Å². The summed E-state index contributed by atoms with van der Waals surface area (Å²) >= 11 is 0. The van der Waals surface area contributed by atoms with Gasteiger partial charge in [0.2, 0.25) is 0 Å². The van der Waals surface area contributed by atoms with Gasteiger partial charge in [0.05, 0.1) is 12.1 Å². The molecule has 1 aliphatic rings. The van der Waals surface area contributed by atoms with Crippen LogP contribution in [0.3, 0.4) is 0 Å². The Kier molecular flexibility index (Phi) is 3.49. The van der Waals surface area contributed by atoms with Crippen LogP contribution >= 0.6 is 0 Å². The van der Waals surface area contributed by atoms with E-state index in [0.29, 0.717) is 12.1 Å². The molecule has 0 spiro atoms. The SMILES string of the molecule is Cc1nnc2n1CCN(CCCn1c(=O)oc3ccccc31)C2. The van der Waals surface area contributed by atoms with Gasteiger partial charge in [-0.05, 0) is 25.5 Å². The van der Waals surface area contributed by atoms with Gasteiger partial charge in [0.25, 0.3) is 0 Å². The fraction of sp³-hybridized carbons (Fsp3) is 0.438. The lowest BCUT2D eigenvalue weighted by Gasteiger charge is -2.27. The number of benzene rings is 1. The number of para-hydroxylation sites is 2. The van der Waals surface area contributed by atoms with E-state index in [9.17, 15) is 4.79 Å². The van der Waals surface area contributed by atoms with Crippen LogP contribution in [0.15, 0.2) is 33.5 Å². The second-order valence-electron chi connectivity index (χ2n) is 5.93. The van der Waals surface area contributed by atoms with E-state index in [0.717, 1.165) is 49.8 Å². The zero-order chi connectivity index (χ0) is 15.8. The molecule has 0 saturated heterocycles. The van der Waals surface area contributed by atoms with Gasteiger partial charge in [-0.3, -0.25) is 9.47 Å². The normalized spacial score (nSPS) is 15.2. The van der Waals surface area contributed by atoms with Crippen molar-refractivity contribution in [2.75, 3.05) is 13.1 Å². The molecule has 4 rings (SSSR count). The Morgan fingerprint density at radius 1 is 1.17 bits per heavy atom. The van der Waals surface area contributed by atoms with Gasteiger partial charge in [-0.1, -0.05) is 12.1 Å². The molecule has 3 aromatic rings. The van der Waals surface area contributed by atoms with Crippen LogP contribution < -0.4 is 5.76 Å². The number of rotatable bonds is 4. The third-order valence-electron chi connectivity index (χ3n) is 4.45. The summed E-state index contributed by atoms with van der Waals surface area (Å²) in [6.07, 6.45) is 0.899. The largest absolute Gasteiger partial charge is 0.419 e. The summed E-state index contributed by atoms with van der Waals surface area (Å²) in [5.41, 5.74) is 1.52. The van der Waals surface area contributed by atoms with Crippen molar-refractivity contribution in [2.24, 2.45) is 0 Å². The molecule has 0 bridgehead atoms. The Hall–Kier alpha value is -2.41. The number of aromatic nitrogens is 4. The third kappa shape index (κ3) is 2.57. The first-order chi connectivity index (χ1) is 11.2. The fourth-order valence-corrected chi connectivity index (χ4v) is 3.22. The maximum Gasteiger partial charge on any atom is 0.419 e. The first kappa shape index (κ1) is 14.2. The number of hydrogen-bond acceptors (Lipinski definition) is 5. The quantitative estimate of drug-likeness (QED) is 0.728. The van der Waals surface area contributed by atoms with Crippen LogP contribution in [0.4, 0.5) is 0 Å². The molecule has 0 radical (unpaired) electrons. The van der Waals surface area contributed by atoms with Gasteiger partial charge in [0, 0.05) is 26.2 Å². The number of nitrogens with zero attached hydrogens (tertiary/aromatic N) is 5. The average molecular weight is 313 g/mol. The van der Waals surface area contributed by atoms with Gasteiger partial charge >= 0.3 is 5.76 Å². The highest BCUT2D eigenvalue weighted by molar-refractivity contribution is 5.72. The monoisotopic (exact) mass is 313 g/mol. The van der Waals surface area contributed by atoms with Crippen molar-refractivity contribution < 1.29 is 4.42 Å². The van der Waals surface area contributed by atoms with Crippen LogP contribution in [0.25, 0.3) is 11.1 Å². The lowest BCUT2D eigenvalue weighted by Crippen LogP contribution is -2.35. The lowest BCUT2D eigenvalue weighted by molar-refractivity contribution is 0.210. The summed E-state index contributed by atoms with van der Waals surface area (Å²) in [5.74, 6) is 1.73. The second-order valence-corrected chi connectivity index (χ2v) is 5.93. The van der Waals surface area contributed by atoms with Crippen molar-refractivity contribution in [3.8, 4) is 0 Å². The molecule has 1 aliphatic heterocycles. The van der Waals surface area contributed by atoms with Crippen LogP contribution in [0.1, 0.15) is 18.1 Å². The lowest BCUT2D eigenvalue weighted by atomic mass is 10.3. The summed E-state index contributed by atoms with van der Waals surface area (Å²) in [4.78, 5) is 14.3. The van der Waals surface area contributed by atoms with Crippen LogP contribution in [0.5, 0.6) is 0 Å². The molecule has 0 saturated carbocycles. The zero-order valence-corrected chi connectivity index (χ0v) is 13.1. The highest BCUT2D eigenvalue weighted by atomic mass is 16.4. The van der Waals surface area contributed by atoms with E-state index in [1.54, 1.807) is 4.57 Å². The van der Waals surface area contributed by atoms with Crippen molar-refractivity contribution in [1.29, 1.82) is 0 Å². The summed E-state index contributed by atoms with van der Waals surface area (Å²) in [6.45, 7) is 6.33. The second kappa shape index (κ2) is 5.66. The van der Waals surface area contributed by atoms with Gasteiger partial charge in [-0.2, -0.15) is 0 Å². The van der Waals surface area contributed by atoms with Gasteiger partial charge in [0.15, 0.2) is 5.58 Å². The van der Waals surface area contributed by atoms with Crippen LogP contribution in [0.2, 0.25) is 0 Å². The molecule has 7 heteroatoms. The first-order valence-electron chi connectivity index (χ1n) is 7.92. The molecule has 2 aromatic heterocycles. The minimum absolute atomic E-state index is 0.278. The van der Waals surface area contributed by atoms with Crippen LogP contribution in [-0.2, 0) is 19.6 Å². The Morgan fingerprint density at radius 3 is 2.96 bits per heavy atom. The molecule has 0 aliphatic carbocycles. The molecule has 0 N–H and O–H groups in total. The smallest absolute Gasteiger partial charge is 0.408 e. The highest BCUT2D eigenvalue weighted by Crippen LogP contribution is 2.14. The average Bonchev–Trinajstić information content (AvgIpc) is 3.08. The number of fused-ring (bicyclic) bond motifs is 2. The van der Waals surface area contributed by atoms with Crippen LogP contribution in [-0.4, -0.2) is 37.3 Å². The zero-order valence-electron chi connectivity index (χ0n) is 13.1. The standard InChI is InChI=1S/C16H19N5O2/c1-12-17-18-15-11-19(9-10-20(12)15)7-4-8-21-13-5-2-3-6-14(13)23-16(21)22/h2-3,5-6H,4,7-11H2,1H3. The van der Waals surface area contributed by atoms with Crippen molar-refractivity contribution in [1.82, 2.24) is 24.2 Å². The Balaban J connectivity index is 1.41. The topological polar surface area (TPSA) is 69.1 Å². The molecule has 120 valence electrons. The predicted octanol–water partition coefficient (Wildman–Crippen LogP) is 1.40. The first-order valence-corrected chi connectivity index (χ1v) is 7.92. The fourth-order valence-electron chi connectivity index (χ4n) is 3.22. The molecule has 3 heterocycles. The van der Waals surface area contributed by atoms with Gasteiger partial charge in [0.1, 0.15) is 11.6 Å². The Morgan fingerprint density at radius 2 is 2.04 bits per heavy atom. The molecule has 0 fully saturated rings. The number of aryl methyl sites for hydroxylation is 2. The summed E-state index contributed by atoms with van der Waals surface area (Å²) < 4.78 is 9.15. The molecule has 1 aromatic carbocycles. The van der Waals surface area contributed by atoms with E-state index in [-0.39, 0.29) is 5.76 Å². The van der Waals surface area contributed by atoms with Crippen molar-refractivity contribution in [3.05, 3.63) is 46.5 Å². The van der Waals surface area contributed by atoms with E-state index in [1.165, 1.54) is 0 Å². The minimum Gasteiger partial charge on any atom is -0.408 e. The molecular formula is C16H19N5O2. The molecule has 23 heavy (non-hydrogen) atoms. The molecular weight excluding hydrogens is 294 g/mol. The van der Waals surface area contributed by atoms with E-state index >= 15 is 0 Å². The summed E-state index contributed by atoms with van der Waals surface area (Å²) in [7, 11) is 0. The van der Waals surface area contributed by atoms with Gasteiger partial charge < -0.3 is 8.98 Å². The minimum atomic E-state index is -0.278. The molecule has 0 unspecified atom stereocenters. The maximum absolute atomic E-state index is 11.9. The van der Waals surface area contributed by atoms with Crippen LogP contribution in [0, 0.1) is 6.92 Å².